The Balaban J connectivity index is 2.29. The van der Waals surface area contributed by atoms with Gasteiger partial charge in [-0.3, -0.25) is 9.59 Å². The second kappa shape index (κ2) is 7.95. The molecule has 0 fully saturated rings. The van der Waals surface area contributed by atoms with Crippen molar-refractivity contribution >= 4 is 17.8 Å². The van der Waals surface area contributed by atoms with E-state index in [0.29, 0.717) is 5.56 Å². The fourth-order valence-corrected chi connectivity index (χ4v) is 1.39. The van der Waals surface area contributed by atoms with Crippen molar-refractivity contribution in [2.45, 2.75) is 12.5 Å². The van der Waals surface area contributed by atoms with Gasteiger partial charge in [-0.05, 0) is 6.07 Å². The average molecular weight is 284 g/mol. The quantitative estimate of drug-likeness (QED) is 0.598. The van der Waals surface area contributed by atoms with Crippen molar-refractivity contribution in [2.24, 2.45) is 0 Å². The van der Waals surface area contributed by atoms with Gasteiger partial charge in [0, 0.05) is 20.1 Å². The van der Waals surface area contributed by atoms with Crippen LogP contribution in [0.2, 0.25) is 0 Å². The zero-order valence-electron chi connectivity index (χ0n) is 10.9. The number of hydrogen-bond donors (Lipinski definition) is 3. The first-order chi connectivity index (χ1) is 9.54. The maximum Gasteiger partial charge on any atom is 0.328 e. The summed E-state index contributed by atoms with van der Waals surface area (Å²) < 4.78 is 9.43. The molecule has 8 nitrogen and oxygen atoms in total. The van der Waals surface area contributed by atoms with Gasteiger partial charge < -0.3 is 24.9 Å². The van der Waals surface area contributed by atoms with Gasteiger partial charge in [0.1, 0.15) is 6.26 Å². The molecule has 1 aromatic heterocycles. The van der Waals surface area contributed by atoms with Gasteiger partial charge in [0.15, 0.2) is 6.04 Å². The third kappa shape index (κ3) is 5.11. The Hall–Kier alpha value is -2.35. The predicted molar refractivity (Wildman–Crippen MR) is 67.1 cm³/mol. The molecule has 0 saturated carbocycles. The molecule has 1 unspecified atom stereocenters. The molecular formula is C12H16N2O6. The van der Waals surface area contributed by atoms with Crippen molar-refractivity contribution in [3.63, 3.8) is 0 Å². The van der Waals surface area contributed by atoms with Crippen LogP contribution < -0.4 is 10.6 Å². The van der Waals surface area contributed by atoms with Crippen LogP contribution in [-0.2, 0) is 14.3 Å². The van der Waals surface area contributed by atoms with E-state index in [1.807, 2.05) is 0 Å². The molecule has 0 bridgehead atoms. The third-order valence-corrected chi connectivity index (χ3v) is 2.39. The van der Waals surface area contributed by atoms with Crippen LogP contribution in [0, 0.1) is 0 Å². The predicted octanol–water partition coefficient (Wildman–Crippen LogP) is -0.385. The van der Waals surface area contributed by atoms with Crippen molar-refractivity contribution in [1.82, 2.24) is 10.6 Å². The van der Waals surface area contributed by atoms with E-state index in [0.717, 1.165) is 0 Å². The SMILES string of the molecule is COCC(NC(=O)CCNC(=O)c1ccoc1)C(=O)O. The number of hydrogen-bond acceptors (Lipinski definition) is 5. The summed E-state index contributed by atoms with van der Waals surface area (Å²) in [6, 6.07) is 0.395. The molecule has 1 heterocycles. The molecule has 2 amide bonds. The van der Waals surface area contributed by atoms with Crippen LogP contribution in [0.25, 0.3) is 0 Å². The standard InChI is InChI=1S/C12H16N2O6/c1-19-7-9(12(17)18)14-10(15)2-4-13-11(16)8-3-5-20-6-8/h3,5-6,9H,2,4,7H2,1H3,(H,13,16)(H,14,15)(H,17,18). The van der Waals surface area contributed by atoms with Crippen LogP contribution in [0.3, 0.4) is 0 Å². The molecule has 0 aliphatic carbocycles. The molecule has 1 aromatic rings. The summed E-state index contributed by atoms with van der Waals surface area (Å²) in [5.74, 6) is -2.03. The van der Waals surface area contributed by atoms with Gasteiger partial charge in [-0.25, -0.2) is 4.79 Å². The van der Waals surface area contributed by atoms with Gasteiger partial charge in [0.2, 0.25) is 5.91 Å². The summed E-state index contributed by atoms with van der Waals surface area (Å²) in [5.41, 5.74) is 0.355. The second-order valence-electron chi connectivity index (χ2n) is 3.93. The number of nitrogens with one attached hydrogen (secondary N) is 2. The summed E-state index contributed by atoms with van der Waals surface area (Å²) in [6.45, 7) is -0.0301. The van der Waals surface area contributed by atoms with E-state index in [1.54, 1.807) is 0 Å². The van der Waals surface area contributed by atoms with Crippen molar-refractivity contribution in [1.29, 1.82) is 0 Å². The number of methoxy groups -OCH3 is 1. The largest absolute Gasteiger partial charge is 0.480 e. The normalized spacial score (nSPS) is 11.7. The highest BCUT2D eigenvalue weighted by Gasteiger charge is 2.19. The van der Waals surface area contributed by atoms with E-state index in [-0.39, 0.29) is 25.5 Å². The highest BCUT2D eigenvalue weighted by Crippen LogP contribution is 1.98. The first-order valence-electron chi connectivity index (χ1n) is 5.86. The molecule has 0 saturated heterocycles. The number of amides is 2. The number of carboxylic acids is 1. The monoisotopic (exact) mass is 284 g/mol. The Labute approximate surface area is 115 Å². The molecule has 8 heteroatoms. The zero-order valence-corrected chi connectivity index (χ0v) is 10.9. The minimum Gasteiger partial charge on any atom is -0.480 e. The van der Waals surface area contributed by atoms with E-state index in [4.69, 9.17) is 9.52 Å². The molecule has 0 aliphatic heterocycles. The van der Waals surface area contributed by atoms with Gasteiger partial charge in [-0.15, -0.1) is 0 Å². The van der Waals surface area contributed by atoms with Crippen LogP contribution >= 0.6 is 0 Å². The Bertz CT molecular complexity index is 457. The number of rotatable bonds is 8. The van der Waals surface area contributed by atoms with Gasteiger partial charge in [0.05, 0.1) is 18.4 Å². The lowest BCUT2D eigenvalue weighted by atomic mass is 10.3. The average Bonchev–Trinajstić information content (AvgIpc) is 2.91. The van der Waals surface area contributed by atoms with E-state index in [1.165, 1.54) is 25.7 Å². The summed E-state index contributed by atoms with van der Waals surface area (Å²) in [4.78, 5) is 33.8. The highest BCUT2D eigenvalue weighted by molar-refractivity contribution is 5.94. The number of carbonyl (C=O) groups excluding carboxylic acids is 2. The molecule has 20 heavy (non-hydrogen) atoms. The number of ether oxygens (including phenoxy) is 1. The molecule has 3 N–H and O–H groups in total. The van der Waals surface area contributed by atoms with Crippen molar-refractivity contribution in [3.05, 3.63) is 24.2 Å². The lowest BCUT2D eigenvalue weighted by molar-refractivity contribution is -0.143. The van der Waals surface area contributed by atoms with Gasteiger partial charge >= 0.3 is 5.97 Å². The topological polar surface area (TPSA) is 118 Å². The van der Waals surface area contributed by atoms with Crippen LogP contribution in [0.4, 0.5) is 0 Å². The lowest BCUT2D eigenvalue weighted by Gasteiger charge is -2.13. The fourth-order valence-electron chi connectivity index (χ4n) is 1.39. The van der Waals surface area contributed by atoms with Gasteiger partial charge in [-0.2, -0.15) is 0 Å². The number of carbonyl (C=O) groups is 3. The van der Waals surface area contributed by atoms with E-state index in [2.05, 4.69) is 15.4 Å². The molecule has 0 aliphatic rings. The molecule has 110 valence electrons. The van der Waals surface area contributed by atoms with E-state index >= 15 is 0 Å². The van der Waals surface area contributed by atoms with E-state index in [9.17, 15) is 14.4 Å². The summed E-state index contributed by atoms with van der Waals surface area (Å²) >= 11 is 0. The molecule has 1 atom stereocenters. The van der Waals surface area contributed by atoms with Crippen LogP contribution in [0.1, 0.15) is 16.8 Å². The lowest BCUT2D eigenvalue weighted by Crippen LogP contribution is -2.44. The first-order valence-corrected chi connectivity index (χ1v) is 5.86. The third-order valence-electron chi connectivity index (χ3n) is 2.39. The Morgan fingerprint density at radius 3 is 2.75 bits per heavy atom. The van der Waals surface area contributed by atoms with Crippen LogP contribution in [0.5, 0.6) is 0 Å². The Morgan fingerprint density at radius 2 is 2.20 bits per heavy atom. The van der Waals surface area contributed by atoms with Crippen molar-refractivity contribution < 1.29 is 28.6 Å². The molecule has 0 radical (unpaired) electrons. The summed E-state index contributed by atoms with van der Waals surface area (Å²) in [6.07, 6.45) is 2.62. The molecule has 1 rings (SSSR count). The Kier molecular flexibility index (Phi) is 6.24. The van der Waals surface area contributed by atoms with Crippen molar-refractivity contribution in [2.75, 3.05) is 20.3 Å². The maximum absolute atomic E-state index is 11.5. The highest BCUT2D eigenvalue weighted by atomic mass is 16.5. The summed E-state index contributed by atoms with van der Waals surface area (Å²) in [5, 5.41) is 13.6. The minimum atomic E-state index is -1.18. The zero-order chi connectivity index (χ0) is 15.0. The van der Waals surface area contributed by atoms with Crippen molar-refractivity contribution in [3.8, 4) is 0 Å². The van der Waals surface area contributed by atoms with Gasteiger partial charge in [0.25, 0.3) is 5.91 Å². The van der Waals surface area contributed by atoms with Gasteiger partial charge in [-0.1, -0.05) is 0 Å². The number of furan rings is 1. The first kappa shape index (κ1) is 15.7. The second-order valence-corrected chi connectivity index (χ2v) is 3.93. The Morgan fingerprint density at radius 1 is 1.45 bits per heavy atom. The molecule has 0 spiro atoms. The van der Waals surface area contributed by atoms with Crippen LogP contribution in [0.15, 0.2) is 23.0 Å². The molecule has 0 aromatic carbocycles. The van der Waals surface area contributed by atoms with E-state index < -0.39 is 17.9 Å². The smallest absolute Gasteiger partial charge is 0.328 e. The minimum absolute atomic E-state index is 0.0307. The molecular weight excluding hydrogens is 268 g/mol. The number of aliphatic carboxylic acids is 1. The maximum atomic E-state index is 11.5. The van der Waals surface area contributed by atoms with Crippen LogP contribution in [-0.4, -0.2) is 49.2 Å². The summed E-state index contributed by atoms with van der Waals surface area (Å²) in [7, 11) is 1.34. The number of carboxylic acid groups (broad SMARTS) is 1. The fraction of sp³-hybridized carbons (Fsp3) is 0.417.